The molecule has 1 aliphatic heterocycles. The first-order chi connectivity index (χ1) is 29.9. The van der Waals surface area contributed by atoms with E-state index in [1.54, 1.807) is 12.0 Å². The second-order valence-electron chi connectivity index (χ2n) is 14.5. The molecule has 0 atom stereocenters. The van der Waals surface area contributed by atoms with Crippen molar-refractivity contribution in [2.45, 2.75) is 58.7 Å². The van der Waals surface area contributed by atoms with E-state index in [-0.39, 0.29) is 30.6 Å². The van der Waals surface area contributed by atoms with E-state index >= 15 is 0 Å². The zero-order valence-corrected chi connectivity index (χ0v) is 35.3. The Labute approximate surface area is 358 Å². The number of unbranched alkanes of at least 4 members (excludes halogenated alkanes) is 2. The Morgan fingerprint density at radius 3 is 2.31 bits per heavy atom. The maximum atomic E-state index is 13.4. The van der Waals surface area contributed by atoms with Gasteiger partial charge in [0.1, 0.15) is 11.3 Å². The van der Waals surface area contributed by atoms with Crippen molar-refractivity contribution in [3.05, 3.63) is 107 Å². The number of carbonyl (C=O) groups excluding carboxylic acids is 2. The second-order valence-corrected chi connectivity index (χ2v) is 14.5. The van der Waals surface area contributed by atoms with Gasteiger partial charge in [0, 0.05) is 48.8 Å². The van der Waals surface area contributed by atoms with Crippen molar-refractivity contribution in [2.24, 2.45) is 0 Å². The quantitative estimate of drug-likeness (QED) is 0.0461. The number of fused-ring (bicyclic) bond motifs is 3. The van der Waals surface area contributed by atoms with Crippen LogP contribution in [0.2, 0.25) is 0 Å². The third-order valence-electron chi connectivity index (χ3n) is 10.1. The van der Waals surface area contributed by atoms with Crippen LogP contribution in [0.5, 0.6) is 5.75 Å². The monoisotopic (exact) mass is 831 g/mol. The molecule has 4 N–H and O–H groups in total. The van der Waals surface area contributed by atoms with Crippen LogP contribution in [0, 0.1) is 11.8 Å². The largest absolute Gasteiger partial charge is 0.496 e. The summed E-state index contributed by atoms with van der Waals surface area (Å²) in [6.07, 6.45) is 5.52. The zero-order chi connectivity index (χ0) is 42.7. The number of nitrogens with zero attached hydrogens (tertiary/aromatic N) is 4. The summed E-state index contributed by atoms with van der Waals surface area (Å²) in [5, 5.41) is 6.28. The highest BCUT2D eigenvalue weighted by molar-refractivity contribution is 5.97. The third kappa shape index (κ3) is 13.3. The molecule has 3 aromatic carbocycles. The number of anilines is 3. The molecule has 0 unspecified atom stereocenters. The van der Waals surface area contributed by atoms with Crippen LogP contribution in [0.4, 0.5) is 17.5 Å². The molecule has 0 saturated heterocycles. The third-order valence-corrected chi connectivity index (χ3v) is 10.1. The molecular weight excluding hydrogens is 775 g/mol. The fraction of sp³-hybridized carbons (Fsp3) is 0.404. The Kier molecular flexibility index (Phi) is 17.3. The number of carbonyl (C=O) groups is 2. The van der Waals surface area contributed by atoms with Crippen molar-refractivity contribution >= 4 is 40.3 Å². The maximum Gasteiger partial charge on any atom is 0.227 e. The van der Waals surface area contributed by atoms with Crippen LogP contribution in [0.15, 0.2) is 79.0 Å². The van der Waals surface area contributed by atoms with Gasteiger partial charge in [-0.2, -0.15) is 4.98 Å². The van der Waals surface area contributed by atoms with E-state index in [1.807, 2.05) is 72.9 Å². The number of benzene rings is 3. The van der Waals surface area contributed by atoms with Crippen LogP contribution in [0.1, 0.15) is 66.8 Å². The molecule has 14 nitrogen and oxygen atoms in total. The van der Waals surface area contributed by atoms with Gasteiger partial charge >= 0.3 is 0 Å². The summed E-state index contributed by atoms with van der Waals surface area (Å²) in [7, 11) is 1.67. The normalized spacial score (nSPS) is 11.9. The first-order valence-corrected chi connectivity index (χ1v) is 21.0. The minimum atomic E-state index is -0.201. The number of nitrogens with one attached hydrogen (secondary N) is 2. The van der Waals surface area contributed by atoms with Gasteiger partial charge in [-0.25, -0.2) is 4.98 Å². The number of amides is 2. The van der Waals surface area contributed by atoms with E-state index in [9.17, 15) is 9.59 Å². The van der Waals surface area contributed by atoms with Crippen molar-refractivity contribution in [1.29, 1.82) is 0 Å². The Hall–Kier alpha value is -5.98. The summed E-state index contributed by atoms with van der Waals surface area (Å²) in [5.41, 5.74) is 13.1. The summed E-state index contributed by atoms with van der Waals surface area (Å²) >= 11 is 0. The topological polar surface area (TPSA) is 164 Å². The lowest BCUT2D eigenvalue weighted by Crippen LogP contribution is -2.34. The zero-order valence-electron chi connectivity index (χ0n) is 35.3. The van der Waals surface area contributed by atoms with E-state index in [0.29, 0.717) is 72.5 Å². The van der Waals surface area contributed by atoms with E-state index in [2.05, 4.69) is 50.0 Å². The first kappa shape index (κ1) is 44.6. The van der Waals surface area contributed by atoms with Gasteiger partial charge < -0.3 is 49.5 Å². The van der Waals surface area contributed by atoms with E-state index in [4.69, 9.17) is 29.4 Å². The number of nitrogen functional groups attached to an aromatic ring is 1. The average molecular weight is 832 g/mol. The predicted octanol–water partition coefficient (Wildman–Crippen LogP) is 6.08. The highest BCUT2D eigenvalue weighted by atomic mass is 16.6. The van der Waals surface area contributed by atoms with Gasteiger partial charge in [-0.1, -0.05) is 74.1 Å². The number of hydrogen-bond donors (Lipinski definition) is 3. The minimum absolute atomic E-state index is 0.0837. The maximum absolute atomic E-state index is 13.4. The van der Waals surface area contributed by atoms with Gasteiger partial charge in [0.2, 0.25) is 17.8 Å². The van der Waals surface area contributed by atoms with Crippen LogP contribution in [0.3, 0.4) is 0 Å². The van der Waals surface area contributed by atoms with Crippen LogP contribution in [-0.2, 0) is 48.2 Å². The van der Waals surface area contributed by atoms with Gasteiger partial charge in [-0.3, -0.25) is 9.59 Å². The fourth-order valence-electron chi connectivity index (χ4n) is 6.92. The molecule has 0 saturated carbocycles. The predicted molar refractivity (Wildman–Crippen MR) is 236 cm³/mol. The standard InChI is InChI=1S/C47H57N7O7/c1-3-4-9-21-50-46-45-40(51-47(48)52-46)20-23-53(45)32-39-15-14-35(31-42(39)57-2)34-61-30-29-60-28-27-59-26-25-58-24-22-49-43(55)18-19-44(56)54-33-38-12-6-5-10-36(38)16-17-37-11-7-8-13-41(37)54/h5-8,10-15,20,23,31H,3-4,9,18-19,21-22,24-30,32-34H2,1-2H3,(H,49,55)(H3,48,50,51,52). The molecule has 3 heterocycles. The lowest BCUT2D eigenvalue weighted by atomic mass is 10.0. The number of ether oxygens (including phenoxy) is 5. The summed E-state index contributed by atoms with van der Waals surface area (Å²) in [6.45, 7) is 7.64. The minimum Gasteiger partial charge on any atom is -0.496 e. The molecule has 2 aromatic heterocycles. The Bertz CT molecular complexity index is 2270. The summed E-state index contributed by atoms with van der Waals surface area (Å²) < 4.78 is 30.6. The number of rotatable bonds is 25. The van der Waals surface area contributed by atoms with Crippen molar-refractivity contribution < 1.29 is 33.3 Å². The molecule has 0 aliphatic carbocycles. The number of methoxy groups -OCH3 is 1. The van der Waals surface area contributed by atoms with Gasteiger partial charge in [0.05, 0.1) is 84.3 Å². The number of para-hydroxylation sites is 1. The molecule has 5 aromatic rings. The van der Waals surface area contributed by atoms with E-state index in [0.717, 1.165) is 81.9 Å². The molecule has 0 bridgehead atoms. The lowest BCUT2D eigenvalue weighted by molar-refractivity contribution is -0.125. The molecule has 2 amide bonds. The molecule has 14 heteroatoms. The van der Waals surface area contributed by atoms with Gasteiger partial charge in [0.15, 0.2) is 5.82 Å². The van der Waals surface area contributed by atoms with Gasteiger partial charge in [-0.15, -0.1) is 0 Å². The van der Waals surface area contributed by atoms with Crippen molar-refractivity contribution in [1.82, 2.24) is 19.9 Å². The van der Waals surface area contributed by atoms with Crippen LogP contribution in [0.25, 0.3) is 11.0 Å². The molecule has 0 radical (unpaired) electrons. The summed E-state index contributed by atoms with van der Waals surface area (Å²) in [5.74, 6) is 7.85. The number of nitrogens with two attached hydrogens (primary N) is 1. The lowest BCUT2D eigenvalue weighted by Gasteiger charge is -2.26. The summed E-state index contributed by atoms with van der Waals surface area (Å²) in [6, 6.07) is 23.5. The van der Waals surface area contributed by atoms with Crippen molar-refractivity contribution in [2.75, 3.05) is 82.4 Å². The molecule has 0 spiro atoms. The number of aromatic nitrogens is 3. The van der Waals surface area contributed by atoms with E-state index < -0.39 is 0 Å². The van der Waals surface area contributed by atoms with Crippen molar-refractivity contribution in [3.8, 4) is 17.6 Å². The highest BCUT2D eigenvalue weighted by Gasteiger charge is 2.22. The smallest absolute Gasteiger partial charge is 0.227 e. The molecule has 0 fully saturated rings. The van der Waals surface area contributed by atoms with Crippen LogP contribution < -0.4 is 26.0 Å². The van der Waals surface area contributed by atoms with E-state index in [1.165, 1.54) is 0 Å². The Balaban J connectivity index is 0.795. The molecule has 322 valence electrons. The second kappa shape index (κ2) is 23.7. The van der Waals surface area contributed by atoms with Crippen LogP contribution in [-0.4, -0.2) is 92.8 Å². The Morgan fingerprint density at radius 2 is 1.52 bits per heavy atom. The van der Waals surface area contributed by atoms with Gasteiger partial charge in [-0.05, 0) is 47.9 Å². The van der Waals surface area contributed by atoms with Gasteiger partial charge in [0.25, 0.3) is 0 Å². The molecule has 61 heavy (non-hydrogen) atoms. The molecule has 1 aliphatic rings. The van der Waals surface area contributed by atoms with Crippen molar-refractivity contribution in [3.63, 3.8) is 0 Å². The Morgan fingerprint density at radius 1 is 0.803 bits per heavy atom. The summed E-state index contributed by atoms with van der Waals surface area (Å²) in [4.78, 5) is 36.5. The average Bonchev–Trinajstić information content (AvgIpc) is 3.67. The fourth-order valence-corrected chi connectivity index (χ4v) is 6.92. The first-order valence-electron chi connectivity index (χ1n) is 21.0. The highest BCUT2D eigenvalue weighted by Crippen LogP contribution is 2.28. The van der Waals surface area contributed by atoms with Crippen LogP contribution >= 0.6 is 0 Å². The molecular formula is C47H57N7O7. The SMILES string of the molecule is CCCCCNc1nc(N)nc2ccn(Cc3ccc(COCCOCCOCCOCCNC(=O)CCC(=O)N4Cc5ccccc5C#Cc5ccccc54)cc3OC)c12. The molecule has 6 rings (SSSR count). The number of hydrogen-bond acceptors (Lipinski definition) is 11.